The molecule has 0 amide bonds. The van der Waals surface area contributed by atoms with Crippen LogP contribution >= 0.6 is 0 Å². The van der Waals surface area contributed by atoms with Crippen molar-refractivity contribution >= 4 is 15.8 Å². The molecule has 1 fully saturated rings. The molecule has 0 aliphatic carbocycles. The second-order valence-electron chi connectivity index (χ2n) is 5.12. The first kappa shape index (κ1) is 15.3. The van der Waals surface area contributed by atoms with Gasteiger partial charge in [0.25, 0.3) is 0 Å². The minimum absolute atomic E-state index is 0.290. The minimum atomic E-state index is -3.34. The first-order valence-electron chi connectivity index (χ1n) is 7.34. The Bertz CT molecular complexity index is 508. The quantitative estimate of drug-likeness (QED) is 0.785. The van der Waals surface area contributed by atoms with Crippen LogP contribution in [0.4, 0.5) is 5.82 Å². The van der Waals surface area contributed by atoms with Gasteiger partial charge in [0.15, 0.2) is 0 Å². The number of nitrogens with zero attached hydrogens (tertiary/aromatic N) is 2. The van der Waals surface area contributed by atoms with Crippen LogP contribution in [0.15, 0.2) is 23.2 Å². The SMILES string of the molecule is CCCCCNc1ccc(S(=O)(=O)N2CCCC2)cn1. The van der Waals surface area contributed by atoms with Crippen LogP contribution in [0.2, 0.25) is 0 Å². The Morgan fingerprint density at radius 3 is 2.60 bits per heavy atom. The summed E-state index contributed by atoms with van der Waals surface area (Å²) in [6, 6.07) is 3.39. The normalized spacial score (nSPS) is 16.4. The summed E-state index contributed by atoms with van der Waals surface area (Å²) < 4.78 is 26.2. The summed E-state index contributed by atoms with van der Waals surface area (Å²) in [5, 5.41) is 3.21. The molecule has 1 aliphatic rings. The van der Waals surface area contributed by atoms with Crippen LogP contribution in [-0.2, 0) is 10.0 Å². The Hall–Kier alpha value is -1.14. The Morgan fingerprint density at radius 2 is 2.00 bits per heavy atom. The van der Waals surface area contributed by atoms with E-state index in [1.165, 1.54) is 19.0 Å². The van der Waals surface area contributed by atoms with Crippen molar-refractivity contribution in [2.75, 3.05) is 25.0 Å². The van der Waals surface area contributed by atoms with Crippen molar-refractivity contribution < 1.29 is 8.42 Å². The van der Waals surface area contributed by atoms with Gasteiger partial charge in [-0.25, -0.2) is 13.4 Å². The van der Waals surface area contributed by atoms with Crippen LogP contribution in [-0.4, -0.2) is 37.3 Å². The maximum absolute atomic E-state index is 12.3. The van der Waals surface area contributed by atoms with Crippen molar-refractivity contribution in [2.45, 2.75) is 43.9 Å². The third-order valence-corrected chi connectivity index (χ3v) is 5.41. The molecule has 1 saturated heterocycles. The van der Waals surface area contributed by atoms with Crippen molar-refractivity contribution in [3.63, 3.8) is 0 Å². The number of anilines is 1. The molecular weight excluding hydrogens is 274 g/mol. The van der Waals surface area contributed by atoms with E-state index in [-0.39, 0.29) is 0 Å². The summed E-state index contributed by atoms with van der Waals surface area (Å²) in [7, 11) is -3.34. The Kier molecular flexibility index (Phi) is 5.37. The zero-order chi connectivity index (χ0) is 14.4. The number of aromatic nitrogens is 1. The highest BCUT2D eigenvalue weighted by molar-refractivity contribution is 7.89. The zero-order valence-electron chi connectivity index (χ0n) is 12.0. The second-order valence-corrected chi connectivity index (χ2v) is 7.06. The van der Waals surface area contributed by atoms with Gasteiger partial charge in [-0.1, -0.05) is 19.8 Å². The van der Waals surface area contributed by atoms with Crippen molar-refractivity contribution in [1.29, 1.82) is 0 Å². The van der Waals surface area contributed by atoms with E-state index in [1.54, 1.807) is 16.4 Å². The van der Waals surface area contributed by atoms with Crippen molar-refractivity contribution in [1.82, 2.24) is 9.29 Å². The minimum Gasteiger partial charge on any atom is -0.370 e. The van der Waals surface area contributed by atoms with Gasteiger partial charge in [-0.15, -0.1) is 0 Å². The molecular formula is C14H23N3O2S. The van der Waals surface area contributed by atoms with Gasteiger partial charge in [0.1, 0.15) is 10.7 Å². The predicted octanol–water partition coefficient (Wildman–Crippen LogP) is 2.47. The van der Waals surface area contributed by atoms with E-state index in [1.807, 2.05) is 0 Å². The standard InChI is InChI=1S/C14H23N3O2S/c1-2-3-4-9-15-14-8-7-13(12-16-14)20(18,19)17-10-5-6-11-17/h7-8,12H,2-6,9-11H2,1H3,(H,15,16). The van der Waals surface area contributed by atoms with E-state index >= 15 is 0 Å². The third-order valence-electron chi connectivity index (χ3n) is 3.53. The summed E-state index contributed by atoms with van der Waals surface area (Å²) in [4.78, 5) is 4.49. The smallest absolute Gasteiger partial charge is 0.244 e. The summed E-state index contributed by atoms with van der Waals surface area (Å²) in [6.45, 7) is 4.29. The van der Waals surface area contributed by atoms with Crippen molar-refractivity contribution in [3.8, 4) is 0 Å². The predicted molar refractivity (Wildman–Crippen MR) is 80.2 cm³/mol. The molecule has 0 radical (unpaired) electrons. The van der Waals surface area contributed by atoms with Gasteiger partial charge in [0, 0.05) is 25.8 Å². The monoisotopic (exact) mass is 297 g/mol. The molecule has 0 bridgehead atoms. The van der Waals surface area contributed by atoms with Gasteiger partial charge in [-0.3, -0.25) is 0 Å². The molecule has 0 atom stereocenters. The van der Waals surface area contributed by atoms with E-state index in [9.17, 15) is 8.42 Å². The van der Waals surface area contributed by atoms with E-state index in [4.69, 9.17) is 0 Å². The largest absolute Gasteiger partial charge is 0.370 e. The van der Waals surface area contributed by atoms with E-state index in [0.717, 1.165) is 31.6 Å². The third kappa shape index (κ3) is 3.70. The molecule has 112 valence electrons. The Balaban J connectivity index is 1.97. The highest BCUT2D eigenvalue weighted by atomic mass is 32.2. The lowest BCUT2D eigenvalue weighted by molar-refractivity contribution is 0.477. The maximum Gasteiger partial charge on any atom is 0.244 e. The highest BCUT2D eigenvalue weighted by Gasteiger charge is 2.27. The van der Waals surface area contributed by atoms with E-state index in [2.05, 4.69) is 17.2 Å². The van der Waals surface area contributed by atoms with Gasteiger partial charge in [0.2, 0.25) is 10.0 Å². The van der Waals surface area contributed by atoms with Crippen LogP contribution in [0.1, 0.15) is 39.0 Å². The molecule has 2 rings (SSSR count). The van der Waals surface area contributed by atoms with Crippen LogP contribution in [0.25, 0.3) is 0 Å². The number of nitrogens with one attached hydrogen (secondary N) is 1. The number of sulfonamides is 1. The van der Waals surface area contributed by atoms with Crippen LogP contribution < -0.4 is 5.32 Å². The van der Waals surface area contributed by atoms with Crippen molar-refractivity contribution in [2.24, 2.45) is 0 Å². The summed E-state index contributed by atoms with van der Waals surface area (Å²) in [5.74, 6) is 0.737. The molecule has 0 saturated carbocycles. The van der Waals surface area contributed by atoms with E-state index < -0.39 is 10.0 Å². The fourth-order valence-electron chi connectivity index (χ4n) is 2.31. The number of pyridine rings is 1. The van der Waals surface area contributed by atoms with Gasteiger partial charge >= 0.3 is 0 Å². The highest BCUT2D eigenvalue weighted by Crippen LogP contribution is 2.20. The average molecular weight is 297 g/mol. The molecule has 1 aromatic rings. The first-order valence-corrected chi connectivity index (χ1v) is 8.78. The fraction of sp³-hybridized carbons (Fsp3) is 0.643. The molecule has 1 aliphatic heterocycles. The summed E-state index contributed by atoms with van der Waals surface area (Å²) in [5.41, 5.74) is 0. The molecule has 20 heavy (non-hydrogen) atoms. The van der Waals surface area contributed by atoms with Crippen LogP contribution in [0, 0.1) is 0 Å². The number of unbranched alkanes of at least 4 members (excludes halogenated alkanes) is 2. The molecule has 1 aromatic heterocycles. The summed E-state index contributed by atoms with van der Waals surface area (Å²) >= 11 is 0. The maximum atomic E-state index is 12.3. The lowest BCUT2D eigenvalue weighted by atomic mass is 10.2. The number of hydrogen-bond acceptors (Lipinski definition) is 4. The van der Waals surface area contributed by atoms with Crippen LogP contribution in [0.3, 0.4) is 0 Å². The van der Waals surface area contributed by atoms with Gasteiger partial charge in [-0.05, 0) is 31.4 Å². The molecule has 6 heteroatoms. The van der Waals surface area contributed by atoms with Gasteiger partial charge in [-0.2, -0.15) is 4.31 Å². The molecule has 5 nitrogen and oxygen atoms in total. The van der Waals surface area contributed by atoms with Crippen LogP contribution in [0.5, 0.6) is 0 Å². The topological polar surface area (TPSA) is 62.3 Å². The molecule has 0 aromatic carbocycles. The lowest BCUT2D eigenvalue weighted by Crippen LogP contribution is -2.27. The molecule has 0 spiro atoms. The van der Waals surface area contributed by atoms with E-state index in [0.29, 0.717) is 18.0 Å². The molecule has 2 heterocycles. The van der Waals surface area contributed by atoms with Crippen molar-refractivity contribution in [3.05, 3.63) is 18.3 Å². The molecule has 0 unspecified atom stereocenters. The second kappa shape index (κ2) is 7.04. The average Bonchev–Trinajstić information content (AvgIpc) is 2.99. The number of hydrogen-bond donors (Lipinski definition) is 1. The summed E-state index contributed by atoms with van der Waals surface area (Å²) in [6.07, 6.45) is 6.83. The molecule has 1 N–H and O–H groups in total. The Morgan fingerprint density at radius 1 is 1.25 bits per heavy atom. The fourth-order valence-corrected chi connectivity index (χ4v) is 3.77. The van der Waals surface area contributed by atoms with Gasteiger partial charge < -0.3 is 5.32 Å². The zero-order valence-corrected chi connectivity index (χ0v) is 12.8. The number of rotatable bonds is 7. The van der Waals surface area contributed by atoms with Gasteiger partial charge in [0.05, 0.1) is 0 Å². The lowest BCUT2D eigenvalue weighted by Gasteiger charge is -2.15. The Labute approximate surface area is 121 Å². The first-order chi connectivity index (χ1) is 9.64.